The normalized spacial score (nSPS) is 26.8. The maximum Gasteiger partial charge on any atom is 0.573 e. The van der Waals surface area contributed by atoms with Crippen molar-refractivity contribution in [2.45, 2.75) is 82.8 Å². The summed E-state index contributed by atoms with van der Waals surface area (Å²) in [6.45, 7) is 5.51. The molecule has 4 bridgehead atoms. The molecule has 11 rings (SSSR count). The first-order valence-electron chi connectivity index (χ1n) is 24.3. The van der Waals surface area contributed by atoms with E-state index in [1.54, 1.807) is 11.0 Å². The maximum atomic E-state index is 15.5. The number of rotatable bonds is 14. The van der Waals surface area contributed by atoms with Gasteiger partial charge in [-0.15, -0.1) is 13.2 Å². The highest BCUT2D eigenvalue weighted by Crippen LogP contribution is 2.60. The zero-order valence-corrected chi connectivity index (χ0v) is 38.5. The van der Waals surface area contributed by atoms with Crippen molar-refractivity contribution in [1.29, 1.82) is 5.26 Å². The number of ether oxygens (including phenoxy) is 1. The Morgan fingerprint density at radius 2 is 1.64 bits per heavy atom. The van der Waals surface area contributed by atoms with E-state index in [9.17, 15) is 42.4 Å². The average molecular weight is 970 g/mol. The maximum absolute atomic E-state index is 15.5. The summed E-state index contributed by atoms with van der Waals surface area (Å²) in [5, 5.41) is 22.4. The minimum atomic E-state index is -4.83. The van der Waals surface area contributed by atoms with Crippen LogP contribution >= 0.6 is 0 Å². The Hall–Kier alpha value is -6.40. The largest absolute Gasteiger partial charge is 0.573 e. The zero-order valence-electron chi connectivity index (χ0n) is 38.5. The lowest BCUT2D eigenvalue weighted by atomic mass is 9.48. The Morgan fingerprint density at radius 1 is 0.929 bits per heavy atom. The predicted molar refractivity (Wildman–Crippen MR) is 244 cm³/mol. The van der Waals surface area contributed by atoms with Gasteiger partial charge in [0.15, 0.2) is 0 Å². The number of alkyl halides is 3. The van der Waals surface area contributed by atoms with E-state index in [0.29, 0.717) is 62.3 Å². The Kier molecular flexibility index (Phi) is 12.9. The molecule has 3 saturated heterocycles. The summed E-state index contributed by atoms with van der Waals surface area (Å²) < 4.78 is 58.6. The number of likely N-dealkylation sites (tertiary alicyclic amines) is 1. The number of hydrogen-bond donors (Lipinski definition) is 4. The molecule has 5 heterocycles. The van der Waals surface area contributed by atoms with E-state index >= 15 is 4.39 Å². The molecule has 0 spiro atoms. The monoisotopic (exact) mass is 969 g/mol. The van der Waals surface area contributed by atoms with Gasteiger partial charge in [-0.05, 0) is 106 Å². The number of benzene rings is 2. The highest BCUT2D eigenvalue weighted by atomic mass is 19.4. The number of aromatic nitrogens is 2. The smallest absolute Gasteiger partial charge is 0.405 e. The molecule has 4 aliphatic carbocycles. The molecule has 1 aromatic heterocycles. The van der Waals surface area contributed by atoms with Crippen molar-refractivity contribution in [3.05, 3.63) is 70.7 Å². The molecule has 7 fully saturated rings. The van der Waals surface area contributed by atoms with Gasteiger partial charge in [-0.2, -0.15) is 10.2 Å². The van der Waals surface area contributed by atoms with Crippen LogP contribution in [0.3, 0.4) is 0 Å². The van der Waals surface area contributed by atoms with Crippen LogP contribution in [-0.4, -0.2) is 132 Å². The lowest BCUT2D eigenvalue weighted by Crippen LogP contribution is -2.60. The van der Waals surface area contributed by atoms with Crippen LogP contribution in [0.4, 0.5) is 35.0 Å². The summed E-state index contributed by atoms with van der Waals surface area (Å²) >= 11 is 0. The fraction of sp³-hybridized carbons (Fsp3) is 0.551. The van der Waals surface area contributed by atoms with Crippen LogP contribution in [0.5, 0.6) is 5.75 Å². The lowest BCUT2D eigenvalue weighted by Gasteiger charge is -2.60. The molecular formula is C49H55F4N11O6. The average Bonchev–Trinajstić information content (AvgIpc) is 3.57. The summed E-state index contributed by atoms with van der Waals surface area (Å²) in [6, 6.07) is 9.71. The number of nitrogens with one attached hydrogen (secondary N) is 4. The molecule has 5 amide bonds. The number of para-hydroxylation sites is 1. The Bertz CT molecular complexity index is 2600. The van der Waals surface area contributed by atoms with Gasteiger partial charge in [-0.25, -0.2) is 9.37 Å². The third-order valence-corrected chi connectivity index (χ3v) is 15.8. The molecule has 370 valence electrons. The SMILES string of the molecule is N#Cc1cnc(NCc2ccccc2OC(F)(F)F)nc1NCC12CC3CC(C1)C(NCCN1CCC(C(=O)N4CCN(c5cc6c(cc5F)C(=O)N(C5CCC(=O)NC5=O)C6=O)CC4)CC1)[C@H](C3)C2. The van der Waals surface area contributed by atoms with Gasteiger partial charge in [-0.1, -0.05) is 18.2 Å². The topological polar surface area (TPSA) is 205 Å². The lowest BCUT2D eigenvalue weighted by molar-refractivity contribution is -0.274. The molecular weight excluding hydrogens is 915 g/mol. The summed E-state index contributed by atoms with van der Waals surface area (Å²) in [4.78, 5) is 80.0. The summed E-state index contributed by atoms with van der Waals surface area (Å²) in [5.74, 6) is -1.35. The van der Waals surface area contributed by atoms with E-state index in [2.05, 4.69) is 46.9 Å². The highest BCUT2D eigenvalue weighted by Gasteiger charge is 2.55. The number of anilines is 3. The number of hydrogen-bond acceptors (Lipinski definition) is 14. The van der Waals surface area contributed by atoms with Crippen LogP contribution < -0.4 is 30.9 Å². The van der Waals surface area contributed by atoms with Gasteiger partial charge in [-0.3, -0.25) is 34.2 Å². The Balaban J connectivity index is 0.664. The molecule has 8 aliphatic rings. The molecule has 4 N–H and O–H groups in total. The van der Waals surface area contributed by atoms with E-state index in [4.69, 9.17) is 0 Å². The summed E-state index contributed by atoms with van der Waals surface area (Å²) in [5.41, 5.74) is 0.694. The third kappa shape index (κ3) is 9.59. The number of fused-ring (bicyclic) bond motifs is 1. The molecule has 2 aromatic carbocycles. The van der Waals surface area contributed by atoms with Gasteiger partial charge < -0.3 is 35.4 Å². The van der Waals surface area contributed by atoms with E-state index in [0.717, 1.165) is 69.2 Å². The molecule has 4 aliphatic heterocycles. The molecule has 6 atom stereocenters. The molecule has 4 saturated carbocycles. The summed E-state index contributed by atoms with van der Waals surface area (Å²) in [6.07, 6.45) is 3.72. The fourth-order valence-corrected chi connectivity index (χ4v) is 12.7. The van der Waals surface area contributed by atoms with E-state index < -0.39 is 41.9 Å². The van der Waals surface area contributed by atoms with Crippen LogP contribution in [-0.2, 0) is 20.9 Å². The first-order valence-corrected chi connectivity index (χ1v) is 24.3. The number of piperazine rings is 1. The number of carbonyl (C=O) groups excluding carboxylic acids is 5. The second-order valence-electron chi connectivity index (χ2n) is 20.1. The zero-order chi connectivity index (χ0) is 48.9. The minimum absolute atomic E-state index is 0.00705. The number of nitrogens with zero attached hydrogens (tertiary/aromatic N) is 7. The van der Waals surface area contributed by atoms with Gasteiger partial charge in [0.25, 0.3) is 11.8 Å². The highest BCUT2D eigenvalue weighted by molar-refractivity contribution is 6.23. The van der Waals surface area contributed by atoms with Crippen molar-refractivity contribution in [2.75, 3.05) is 74.4 Å². The van der Waals surface area contributed by atoms with Gasteiger partial charge >= 0.3 is 6.36 Å². The number of halogens is 4. The van der Waals surface area contributed by atoms with Crippen molar-refractivity contribution in [2.24, 2.45) is 29.1 Å². The van der Waals surface area contributed by atoms with Crippen molar-refractivity contribution >= 4 is 47.0 Å². The number of imide groups is 2. The van der Waals surface area contributed by atoms with E-state index in [1.807, 2.05) is 4.90 Å². The minimum Gasteiger partial charge on any atom is -0.405 e. The Labute approximate surface area is 401 Å². The molecule has 17 nitrogen and oxygen atoms in total. The number of nitriles is 1. The Morgan fingerprint density at radius 3 is 2.34 bits per heavy atom. The summed E-state index contributed by atoms with van der Waals surface area (Å²) in [7, 11) is 0. The van der Waals surface area contributed by atoms with Crippen molar-refractivity contribution < 1.29 is 46.3 Å². The molecule has 0 radical (unpaired) electrons. The predicted octanol–water partition coefficient (Wildman–Crippen LogP) is 4.66. The van der Waals surface area contributed by atoms with Crippen LogP contribution in [0.2, 0.25) is 0 Å². The second-order valence-corrected chi connectivity index (χ2v) is 20.1. The number of piperidine rings is 2. The van der Waals surface area contributed by atoms with Gasteiger partial charge in [0.1, 0.15) is 35.1 Å². The molecule has 5 unspecified atom stereocenters. The van der Waals surface area contributed by atoms with Crippen molar-refractivity contribution in [1.82, 2.24) is 35.3 Å². The van der Waals surface area contributed by atoms with Crippen molar-refractivity contribution in [3.63, 3.8) is 0 Å². The van der Waals surface area contributed by atoms with E-state index in [1.165, 1.54) is 43.3 Å². The van der Waals surface area contributed by atoms with E-state index in [-0.39, 0.29) is 76.3 Å². The van der Waals surface area contributed by atoms with Gasteiger partial charge in [0.05, 0.1) is 23.0 Å². The van der Waals surface area contributed by atoms with Crippen LogP contribution in [0.1, 0.15) is 89.6 Å². The van der Waals surface area contributed by atoms with Crippen molar-refractivity contribution in [3.8, 4) is 11.8 Å². The number of amides is 5. The first kappa shape index (κ1) is 47.3. The number of carbonyl (C=O) groups is 5. The molecule has 3 aromatic rings. The van der Waals surface area contributed by atoms with Gasteiger partial charge in [0.2, 0.25) is 23.7 Å². The quantitative estimate of drug-likeness (QED) is 0.128. The first-order chi connectivity index (χ1) is 33.6. The fourth-order valence-electron chi connectivity index (χ4n) is 12.7. The third-order valence-electron chi connectivity index (χ3n) is 15.8. The van der Waals surface area contributed by atoms with Gasteiger partial charge in [0, 0.05) is 76.3 Å². The standard InChI is InChI=1S/C49H55F4N11O6/c50-36-19-34-35(46(69)64(45(34)68)37-5-6-40(65)59-43(37)66)20-38(36)62-13-15-63(16-14-62)44(67)29-7-10-61(11-8-29)12-9-55-41-31-17-28-18-32(41)23-48(21-28,22-31)27-58-42-33(24-54)26-57-47(60-42)56-25-30-3-1-2-4-39(30)70-49(51,52)53/h1-4,19-20,26,28-29,31-32,37,41,55H,5-18,21-23,25,27H2,(H,59,65,66)(H2,56,57,58,60)/t28?,31-,32?,37?,41?,48?/m1/s1. The van der Waals surface area contributed by atoms with Crippen LogP contribution in [0, 0.1) is 46.2 Å². The second kappa shape index (κ2) is 19.1. The molecule has 70 heavy (non-hydrogen) atoms. The van der Waals surface area contributed by atoms with Crippen LogP contribution in [0.15, 0.2) is 42.6 Å². The van der Waals surface area contributed by atoms with Crippen LogP contribution in [0.25, 0.3) is 0 Å². The molecule has 21 heteroatoms.